The Balaban J connectivity index is 1.00. The van der Waals surface area contributed by atoms with Crippen molar-refractivity contribution in [2.45, 2.75) is 17.5 Å². The molecule has 0 N–H and O–H groups in total. The summed E-state index contributed by atoms with van der Waals surface area (Å²) >= 11 is 15.8. The number of hydrogen-bond acceptors (Lipinski definition) is 9. The minimum atomic E-state index is -0.0386. The molecule has 0 bridgehead atoms. The van der Waals surface area contributed by atoms with Gasteiger partial charge >= 0.3 is 0 Å². The number of carbonyl (C=O) groups is 1. The Morgan fingerprint density at radius 3 is 2.61 bits per heavy atom. The van der Waals surface area contributed by atoms with Crippen LogP contribution in [0.5, 0.6) is 11.5 Å². The Hall–Kier alpha value is -3.61. The second-order valence-corrected chi connectivity index (χ2v) is 13.0. The van der Waals surface area contributed by atoms with Crippen molar-refractivity contribution >= 4 is 52.2 Å². The number of rotatable bonds is 8. The summed E-state index contributed by atoms with van der Waals surface area (Å²) in [4.78, 5) is 22.2. The van der Waals surface area contributed by atoms with Gasteiger partial charge in [-0.2, -0.15) is 0 Å². The topological polar surface area (TPSA) is 85.6 Å². The zero-order valence-corrected chi connectivity index (χ0v) is 26.5. The summed E-state index contributed by atoms with van der Waals surface area (Å²) in [6.45, 7) is 3.96. The summed E-state index contributed by atoms with van der Waals surface area (Å²) < 4.78 is 12.9. The summed E-state index contributed by atoms with van der Waals surface area (Å²) in [5.41, 5.74) is 3.24. The van der Waals surface area contributed by atoms with Gasteiger partial charge in [0.05, 0.1) is 16.5 Å². The van der Waals surface area contributed by atoms with Crippen LogP contribution in [0.25, 0.3) is 17.1 Å². The lowest BCUT2D eigenvalue weighted by Gasteiger charge is -2.34. The Labute approximate surface area is 272 Å². The third-order valence-electron chi connectivity index (χ3n) is 7.41. The Bertz CT molecular complexity index is 1820. The number of amides is 1. The summed E-state index contributed by atoms with van der Waals surface area (Å²) in [6.07, 6.45) is 0. The van der Waals surface area contributed by atoms with E-state index in [-0.39, 0.29) is 12.7 Å². The number of thioether (sulfide) groups is 1. The third kappa shape index (κ3) is 6.15. The van der Waals surface area contributed by atoms with Crippen LogP contribution in [0.1, 0.15) is 21.1 Å². The van der Waals surface area contributed by atoms with Crippen molar-refractivity contribution in [2.75, 3.05) is 33.0 Å². The quantitative estimate of drug-likeness (QED) is 0.170. The Morgan fingerprint density at radius 2 is 1.77 bits per heavy atom. The van der Waals surface area contributed by atoms with E-state index in [1.165, 1.54) is 28.7 Å². The summed E-state index contributed by atoms with van der Waals surface area (Å²) in [7, 11) is 0. The molecule has 7 rings (SSSR count). The van der Waals surface area contributed by atoms with E-state index in [2.05, 4.69) is 26.1 Å². The molecular formula is C31H26Cl2N6O3S2. The van der Waals surface area contributed by atoms with Gasteiger partial charge in [-0.15, -0.1) is 21.5 Å². The predicted octanol–water partition coefficient (Wildman–Crippen LogP) is 6.68. The molecule has 1 saturated heterocycles. The van der Waals surface area contributed by atoms with E-state index < -0.39 is 0 Å². The normalized spacial score (nSPS) is 14.7. The van der Waals surface area contributed by atoms with Crippen molar-refractivity contribution < 1.29 is 14.3 Å². The van der Waals surface area contributed by atoms with E-state index >= 15 is 0 Å². The van der Waals surface area contributed by atoms with Crippen molar-refractivity contribution in [3.63, 3.8) is 0 Å². The van der Waals surface area contributed by atoms with Crippen molar-refractivity contribution in [1.82, 2.24) is 29.5 Å². The molecule has 3 aromatic carbocycles. The lowest BCUT2D eigenvalue weighted by Crippen LogP contribution is -2.48. The van der Waals surface area contributed by atoms with E-state index in [1.807, 2.05) is 75.5 Å². The van der Waals surface area contributed by atoms with E-state index in [9.17, 15) is 4.79 Å². The first-order valence-electron chi connectivity index (χ1n) is 14.0. The van der Waals surface area contributed by atoms with Crippen LogP contribution in [0.4, 0.5) is 0 Å². The highest BCUT2D eigenvalue weighted by Gasteiger charge is 2.25. The maximum Gasteiger partial charge on any atom is 0.273 e. The highest BCUT2D eigenvalue weighted by Crippen LogP contribution is 2.35. The molecule has 224 valence electrons. The molecule has 0 atom stereocenters. The standard InChI is InChI=1S/C31H26Cl2N6O3S2/c32-21-4-3-5-22(15-21)39-29(23-6-1-2-7-24(23)33)35-36-31(39)44-18-28-34-25(17-43-28)30(40)38-12-10-37(11-13-38)16-20-8-9-26-27(14-20)42-19-41-26/h1-9,14-15,17H,10-13,16,18-19H2. The fourth-order valence-corrected chi connectivity index (χ4v) is 7.34. The predicted molar refractivity (Wildman–Crippen MR) is 172 cm³/mol. The molecule has 9 nitrogen and oxygen atoms in total. The fourth-order valence-electron chi connectivity index (χ4n) is 5.20. The van der Waals surface area contributed by atoms with Gasteiger partial charge in [0.25, 0.3) is 5.91 Å². The molecular weight excluding hydrogens is 639 g/mol. The summed E-state index contributed by atoms with van der Waals surface area (Å²) in [5, 5.41) is 13.5. The van der Waals surface area contributed by atoms with Crippen LogP contribution in [0.3, 0.4) is 0 Å². The van der Waals surface area contributed by atoms with Crippen LogP contribution >= 0.6 is 46.3 Å². The van der Waals surface area contributed by atoms with Crippen molar-refractivity contribution in [3.05, 3.63) is 98.4 Å². The Kier molecular flexibility index (Phi) is 8.46. The van der Waals surface area contributed by atoms with Gasteiger partial charge in [0.15, 0.2) is 22.5 Å². The Morgan fingerprint density at radius 1 is 0.932 bits per heavy atom. The van der Waals surface area contributed by atoms with E-state index in [0.29, 0.717) is 45.6 Å². The van der Waals surface area contributed by atoms with Gasteiger partial charge in [-0.3, -0.25) is 14.3 Å². The molecule has 44 heavy (non-hydrogen) atoms. The van der Waals surface area contributed by atoms with Crippen LogP contribution in [0.2, 0.25) is 10.0 Å². The fraction of sp³-hybridized carbons (Fsp3) is 0.226. The number of carbonyl (C=O) groups excluding carboxylic acids is 1. The number of thiazole rings is 1. The van der Waals surface area contributed by atoms with E-state index in [1.54, 1.807) is 0 Å². The average Bonchev–Trinajstić information content (AvgIpc) is 3.80. The number of aromatic nitrogens is 4. The molecule has 2 aliphatic heterocycles. The number of benzene rings is 3. The molecule has 0 radical (unpaired) electrons. The smallest absolute Gasteiger partial charge is 0.273 e. The number of hydrogen-bond donors (Lipinski definition) is 0. The van der Waals surface area contributed by atoms with Gasteiger partial charge in [-0.25, -0.2) is 4.98 Å². The van der Waals surface area contributed by atoms with Gasteiger partial charge in [0, 0.05) is 48.7 Å². The van der Waals surface area contributed by atoms with Crippen LogP contribution in [-0.4, -0.2) is 68.4 Å². The molecule has 13 heteroatoms. The highest BCUT2D eigenvalue weighted by molar-refractivity contribution is 7.98. The monoisotopic (exact) mass is 664 g/mol. The average molecular weight is 666 g/mol. The summed E-state index contributed by atoms with van der Waals surface area (Å²) in [6, 6.07) is 21.1. The first kappa shape index (κ1) is 29.1. The largest absolute Gasteiger partial charge is 0.454 e. The van der Waals surface area contributed by atoms with Crippen LogP contribution < -0.4 is 9.47 Å². The lowest BCUT2D eigenvalue weighted by molar-refractivity contribution is 0.0623. The number of halogens is 2. The number of nitrogens with zero attached hydrogens (tertiary/aromatic N) is 6. The molecule has 2 aromatic heterocycles. The molecule has 0 unspecified atom stereocenters. The maximum absolute atomic E-state index is 13.3. The first-order valence-corrected chi connectivity index (χ1v) is 16.6. The van der Waals surface area contributed by atoms with Gasteiger partial charge in [-0.05, 0) is 48.0 Å². The molecule has 2 aliphatic rings. The van der Waals surface area contributed by atoms with Crippen molar-refractivity contribution in [2.24, 2.45) is 0 Å². The first-order chi connectivity index (χ1) is 21.5. The van der Waals surface area contributed by atoms with Gasteiger partial charge < -0.3 is 14.4 Å². The zero-order valence-electron chi connectivity index (χ0n) is 23.4. The highest BCUT2D eigenvalue weighted by atomic mass is 35.5. The molecule has 0 aliphatic carbocycles. The third-order valence-corrected chi connectivity index (χ3v) is 9.95. The van der Waals surface area contributed by atoms with Crippen LogP contribution in [0.15, 0.2) is 77.3 Å². The zero-order chi connectivity index (χ0) is 30.0. The SMILES string of the molecule is O=C(c1csc(CSc2nnc(-c3ccccc3Cl)n2-c2cccc(Cl)c2)n1)N1CCN(Cc2ccc3c(c2)OCO3)CC1. The van der Waals surface area contributed by atoms with Gasteiger partial charge in [0.1, 0.15) is 10.7 Å². The molecule has 4 heterocycles. The molecule has 5 aromatic rings. The minimum Gasteiger partial charge on any atom is -0.454 e. The molecule has 0 spiro atoms. The number of ether oxygens (including phenoxy) is 2. The molecule has 1 fully saturated rings. The van der Waals surface area contributed by atoms with Crippen LogP contribution in [-0.2, 0) is 12.3 Å². The van der Waals surface area contributed by atoms with E-state index in [0.717, 1.165) is 47.4 Å². The number of piperazine rings is 1. The van der Waals surface area contributed by atoms with Crippen LogP contribution in [0, 0.1) is 0 Å². The van der Waals surface area contributed by atoms with Crippen molar-refractivity contribution in [3.8, 4) is 28.6 Å². The van der Waals surface area contributed by atoms with Crippen molar-refractivity contribution in [1.29, 1.82) is 0 Å². The number of fused-ring (bicyclic) bond motifs is 1. The maximum atomic E-state index is 13.3. The van der Waals surface area contributed by atoms with Gasteiger partial charge in [-0.1, -0.05) is 59.2 Å². The lowest BCUT2D eigenvalue weighted by atomic mass is 10.1. The second kappa shape index (κ2) is 12.8. The second-order valence-electron chi connectivity index (χ2n) is 10.3. The van der Waals surface area contributed by atoms with E-state index in [4.69, 9.17) is 32.7 Å². The summed E-state index contributed by atoms with van der Waals surface area (Å²) in [5.74, 6) is 2.69. The molecule has 1 amide bonds. The minimum absolute atomic E-state index is 0.0386. The molecule has 0 saturated carbocycles. The van der Waals surface area contributed by atoms with Gasteiger partial charge in [0.2, 0.25) is 6.79 Å².